The number of carboxylic acid groups (broad SMARTS) is 2. The molecule has 96 valence electrons. The van der Waals surface area contributed by atoms with Crippen LogP contribution in [0.2, 0.25) is 0 Å². The summed E-state index contributed by atoms with van der Waals surface area (Å²) in [5, 5.41) is 13.9. The molecule has 0 heterocycles. The van der Waals surface area contributed by atoms with Gasteiger partial charge in [0.15, 0.2) is 0 Å². The molecule has 0 bridgehead atoms. The van der Waals surface area contributed by atoms with Crippen molar-refractivity contribution < 1.29 is 102 Å². The molecule has 13 heteroatoms. The Bertz CT molecular complexity index is 36.3. The Morgan fingerprint density at radius 2 is 0.571 bits per heavy atom. The van der Waals surface area contributed by atoms with E-state index in [4.69, 9.17) is 15.0 Å². The van der Waals surface area contributed by atoms with Crippen molar-refractivity contribution in [3.8, 4) is 0 Å². The Balaban J connectivity index is -0.000000001000. The van der Waals surface area contributed by atoms with Gasteiger partial charge in [-0.05, 0) is 0 Å². The van der Waals surface area contributed by atoms with Crippen molar-refractivity contribution in [1.29, 1.82) is 0 Å². The third kappa shape index (κ3) is 11200. The van der Waals surface area contributed by atoms with Crippen LogP contribution in [-0.4, -0.2) is 60.2 Å². The first kappa shape index (κ1) is 225. The maximum atomic E-state index is 8.56. The van der Waals surface area contributed by atoms with Crippen LogP contribution >= 0.6 is 0 Å². The minimum absolute atomic E-state index is 0. The van der Waals surface area contributed by atoms with Gasteiger partial charge in [-0.25, -0.2) is 4.79 Å². The molecule has 0 amide bonds. The molecule has 0 aliphatic heterocycles. The fourth-order valence-electron chi connectivity index (χ4n) is 0. The fraction of sp³-hybridized carbons (Fsp3) is 0. The van der Waals surface area contributed by atoms with E-state index in [0.717, 1.165) is 0 Å². The van der Waals surface area contributed by atoms with Crippen LogP contribution in [0.1, 0.15) is 0 Å². The second kappa shape index (κ2) is 180. The quantitative estimate of drug-likeness (QED) is 0.412. The van der Waals surface area contributed by atoms with Crippen LogP contribution in [0, 0.1) is 0 Å². The molecular weight excluding hydrogens is 284 g/mol. The third-order valence-electron chi connectivity index (χ3n) is 0. The first-order valence-electron chi connectivity index (χ1n) is 0.651. The minimum atomic E-state index is -1.83. The van der Waals surface area contributed by atoms with Gasteiger partial charge in [0.1, 0.15) is 0 Å². The molecular formula is CH18O11Ti2. The van der Waals surface area contributed by atoms with Crippen LogP contribution in [0.5, 0.6) is 0 Å². The summed E-state index contributed by atoms with van der Waals surface area (Å²) >= 11 is 0. The average molecular weight is 302 g/mol. The zero-order valence-electron chi connectivity index (χ0n) is 6.80. The van der Waals surface area contributed by atoms with Crippen LogP contribution in [0.3, 0.4) is 0 Å². The molecule has 0 radical (unpaired) electrons. The van der Waals surface area contributed by atoms with Gasteiger partial charge in [-0.3, -0.25) is 0 Å². The molecule has 0 aliphatic carbocycles. The standard InChI is InChI=1S/CH2O3.8H2O.2Ti/c2-1(3)4;;;;;;;;;;/h(H2,2,3,4);8*1H2;;. The molecule has 0 unspecified atom stereocenters. The minimum Gasteiger partial charge on any atom is -0.450 e. The van der Waals surface area contributed by atoms with E-state index in [0.29, 0.717) is 0 Å². The Labute approximate surface area is 108 Å². The Morgan fingerprint density at radius 3 is 0.571 bits per heavy atom. The van der Waals surface area contributed by atoms with E-state index in [2.05, 4.69) is 0 Å². The van der Waals surface area contributed by atoms with Gasteiger partial charge in [0.25, 0.3) is 0 Å². The summed E-state index contributed by atoms with van der Waals surface area (Å²) in [5.41, 5.74) is 0. The Morgan fingerprint density at radius 1 is 0.571 bits per heavy atom. The van der Waals surface area contributed by atoms with Crippen molar-refractivity contribution in [2.75, 3.05) is 0 Å². The predicted molar refractivity (Wildman–Crippen MR) is 39.6 cm³/mol. The van der Waals surface area contributed by atoms with Gasteiger partial charge in [0.2, 0.25) is 0 Å². The molecule has 0 aromatic carbocycles. The molecule has 18 N–H and O–H groups in total. The van der Waals surface area contributed by atoms with Gasteiger partial charge in [0.05, 0.1) is 0 Å². The first-order chi connectivity index (χ1) is 1.73. The molecule has 0 rings (SSSR count). The second-order valence-electron chi connectivity index (χ2n) is 0.283. The molecule has 0 aromatic heterocycles. The van der Waals surface area contributed by atoms with Gasteiger partial charge in [-0.2, -0.15) is 0 Å². The summed E-state index contributed by atoms with van der Waals surface area (Å²) in [6.45, 7) is 0. The van der Waals surface area contributed by atoms with Gasteiger partial charge in [-0.15, -0.1) is 0 Å². The van der Waals surface area contributed by atoms with E-state index in [9.17, 15) is 0 Å². The molecule has 0 atom stereocenters. The van der Waals surface area contributed by atoms with Crippen LogP contribution in [-0.2, 0) is 43.4 Å². The maximum Gasteiger partial charge on any atom is 0.503 e. The van der Waals surface area contributed by atoms with Crippen LogP contribution in [0.15, 0.2) is 0 Å². The first-order valence-corrected chi connectivity index (χ1v) is 0.651. The SMILES string of the molecule is O.O.O.O.O.O.O.O.O=C(O)O.[Ti].[Ti]. The third-order valence-corrected chi connectivity index (χ3v) is 0. The zero-order chi connectivity index (χ0) is 3.58. The topological polar surface area (TPSA) is 310 Å². The van der Waals surface area contributed by atoms with Gasteiger partial charge in [0, 0.05) is 43.4 Å². The van der Waals surface area contributed by atoms with Gasteiger partial charge in [-0.1, -0.05) is 0 Å². The van der Waals surface area contributed by atoms with Crippen LogP contribution in [0.4, 0.5) is 4.79 Å². The monoisotopic (exact) mass is 302 g/mol. The van der Waals surface area contributed by atoms with Crippen LogP contribution in [0.25, 0.3) is 0 Å². The number of carbonyl (C=O) groups is 1. The molecule has 11 nitrogen and oxygen atoms in total. The summed E-state index contributed by atoms with van der Waals surface area (Å²) < 4.78 is 0. The largest absolute Gasteiger partial charge is 0.503 e. The van der Waals surface area contributed by atoms with Crippen molar-refractivity contribution in [1.82, 2.24) is 0 Å². The van der Waals surface area contributed by atoms with Crippen molar-refractivity contribution in [3.63, 3.8) is 0 Å². The van der Waals surface area contributed by atoms with Gasteiger partial charge >= 0.3 is 6.16 Å². The average Bonchev–Trinajstić information content (AvgIpc) is 0.811. The van der Waals surface area contributed by atoms with E-state index in [1.165, 1.54) is 0 Å². The smallest absolute Gasteiger partial charge is 0.450 e. The summed E-state index contributed by atoms with van der Waals surface area (Å²) in [7, 11) is 0. The summed E-state index contributed by atoms with van der Waals surface area (Å²) in [4.78, 5) is 8.56. The van der Waals surface area contributed by atoms with E-state index >= 15 is 0 Å². The zero-order valence-corrected chi connectivity index (χ0v) is 9.93. The summed E-state index contributed by atoms with van der Waals surface area (Å²) in [6.07, 6.45) is -1.83. The normalized spacial score (nSPS) is 1.71. The Kier molecular flexibility index (Phi) is 2890. The van der Waals surface area contributed by atoms with E-state index < -0.39 is 6.16 Å². The van der Waals surface area contributed by atoms with E-state index in [-0.39, 0.29) is 87.2 Å². The summed E-state index contributed by atoms with van der Waals surface area (Å²) in [6, 6.07) is 0. The number of hydrogen-bond donors (Lipinski definition) is 2. The molecule has 0 saturated heterocycles. The van der Waals surface area contributed by atoms with E-state index in [1.54, 1.807) is 0 Å². The van der Waals surface area contributed by atoms with Gasteiger partial charge < -0.3 is 54.0 Å². The second-order valence-corrected chi connectivity index (χ2v) is 0.283. The van der Waals surface area contributed by atoms with Crippen molar-refractivity contribution >= 4 is 6.16 Å². The molecule has 0 spiro atoms. The van der Waals surface area contributed by atoms with E-state index in [1.807, 2.05) is 0 Å². The van der Waals surface area contributed by atoms with Crippen molar-refractivity contribution in [2.45, 2.75) is 0 Å². The predicted octanol–water partition coefficient (Wildman–Crippen LogP) is -6.38. The van der Waals surface area contributed by atoms with Crippen molar-refractivity contribution in [3.05, 3.63) is 0 Å². The van der Waals surface area contributed by atoms with Crippen molar-refractivity contribution in [2.24, 2.45) is 0 Å². The fourth-order valence-corrected chi connectivity index (χ4v) is 0. The van der Waals surface area contributed by atoms with Crippen LogP contribution < -0.4 is 0 Å². The molecule has 0 aromatic rings. The summed E-state index contributed by atoms with van der Waals surface area (Å²) in [5.74, 6) is 0. The molecule has 14 heavy (non-hydrogen) atoms. The molecule has 0 fully saturated rings. The number of hydrogen-bond acceptors (Lipinski definition) is 1. The Hall–Kier alpha value is 0.379. The molecule has 0 aliphatic rings. The maximum absolute atomic E-state index is 8.56. The molecule has 0 saturated carbocycles. The number of rotatable bonds is 0.